The first-order valence-corrected chi connectivity index (χ1v) is 8.97. The highest BCUT2D eigenvalue weighted by Crippen LogP contribution is 2.35. The van der Waals surface area contributed by atoms with Crippen molar-refractivity contribution in [2.45, 2.75) is 50.6 Å². The Hall–Kier alpha value is -0.980. The summed E-state index contributed by atoms with van der Waals surface area (Å²) in [6.07, 6.45) is 2.90. The van der Waals surface area contributed by atoms with E-state index in [9.17, 15) is 12.8 Å². The molecule has 1 aromatic carbocycles. The normalized spacial score (nSPS) is 21.5. The number of benzene rings is 1. The maximum absolute atomic E-state index is 13.9. The topological polar surface area (TPSA) is 58.2 Å². The van der Waals surface area contributed by atoms with Crippen molar-refractivity contribution in [1.29, 1.82) is 0 Å². The second kappa shape index (κ2) is 6.85. The monoisotopic (exact) mass is 314 g/mol. The molecule has 2 N–H and O–H groups in total. The average molecular weight is 314 g/mol. The first-order chi connectivity index (χ1) is 9.97. The lowest BCUT2D eigenvalue weighted by atomic mass is 10.2. The van der Waals surface area contributed by atoms with Crippen LogP contribution in [-0.4, -0.2) is 21.0 Å². The van der Waals surface area contributed by atoms with Gasteiger partial charge in [-0.25, -0.2) is 17.5 Å². The molecule has 0 bridgehead atoms. The smallest absolute Gasteiger partial charge is 0.243 e. The fourth-order valence-electron chi connectivity index (χ4n) is 2.48. The van der Waals surface area contributed by atoms with Crippen molar-refractivity contribution in [3.05, 3.63) is 29.6 Å². The quantitative estimate of drug-likeness (QED) is 0.774. The van der Waals surface area contributed by atoms with Crippen LogP contribution in [0.1, 0.15) is 38.7 Å². The molecular formula is C15H23FN2O2S. The lowest BCUT2D eigenvalue weighted by Gasteiger charge is -2.10. The van der Waals surface area contributed by atoms with Gasteiger partial charge in [-0.05, 0) is 43.0 Å². The molecule has 0 saturated heterocycles. The summed E-state index contributed by atoms with van der Waals surface area (Å²) >= 11 is 0. The van der Waals surface area contributed by atoms with Crippen LogP contribution in [0.15, 0.2) is 23.1 Å². The molecule has 1 aliphatic carbocycles. The SMILES string of the molecule is CCCC1CC1NS(=O)(=O)c1cc(CNCC)ccc1F. The van der Waals surface area contributed by atoms with Gasteiger partial charge in [-0.1, -0.05) is 26.3 Å². The van der Waals surface area contributed by atoms with Crippen LogP contribution >= 0.6 is 0 Å². The number of hydrogen-bond donors (Lipinski definition) is 2. The van der Waals surface area contributed by atoms with Crippen molar-refractivity contribution in [2.24, 2.45) is 5.92 Å². The summed E-state index contributed by atoms with van der Waals surface area (Å²) in [5.41, 5.74) is 0.763. The summed E-state index contributed by atoms with van der Waals surface area (Å²) in [5, 5.41) is 3.10. The Balaban J connectivity index is 2.12. The Morgan fingerprint density at radius 1 is 1.33 bits per heavy atom. The lowest BCUT2D eigenvalue weighted by Crippen LogP contribution is -2.28. The van der Waals surface area contributed by atoms with E-state index in [-0.39, 0.29) is 10.9 Å². The molecule has 2 unspecified atom stereocenters. The van der Waals surface area contributed by atoms with Crippen LogP contribution in [0.3, 0.4) is 0 Å². The predicted octanol–water partition coefficient (Wildman–Crippen LogP) is 2.40. The zero-order chi connectivity index (χ0) is 15.5. The Kier molecular flexibility index (Phi) is 5.35. The second-order valence-electron chi connectivity index (χ2n) is 5.56. The van der Waals surface area contributed by atoms with Crippen molar-refractivity contribution in [3.8, 4) is 0 Å². The average Bonchev–Trinajstić information content (AvgIpc) is 3.15. The van der Waals surface area contributed by atoms with Gasteiger partial charge >= 0.3 is 0 Å². The minimum atomic E-state index is -3.78. The fourth-order valence-corrected chi connectivity index (χ4v) is 3.92. The van der Waals surface area contributed by atoms with Gasteiger partial charge in [-0.15, -0.1) is 0 Å². The summed E-state index contributed by atoms with van der Waals surface area (Å²) in [7, 11) is -3.78. The molecule has 0 radical (unpaired) electrons. The third-order valence-electron chi connectivity index (χ3n) is 3.75. The maximum atomic E-state index is 13.9. The van der Waals surface area contributed by atoms with Gasteiger partial charge in [0.1, 0.15) is 10.7 Å². The number of halogens is 1. The molecule has 1 aromatic rings. The van der Waals surface area contributed by atoms with Gasteiger partial charge in [-0.3, -0.25) is 0 Å². The van der Waals surface area contributed by atoms with E-state index in [2.05, 4.69) is 17.0 Å². The van der Waals surface area contributed by atoms with Gasteiger partial charge in [0.05, 0.1) is 0 Å². The van der Waals surface area contributed by atoms with E-state index >= 15 is 0 Å². The molecule has 1 saturated carbocycles. The van der Waals surface area contributed by atoms with Gasteiger partial charge in [0.25, 0.3) is 0 Å². The number of rotatable bonds is 8. The van der Waals surface area contributed by atoms with Crippen molar-refractivity contribution in [1.82, 2.24) is 10.0 Å². The third kappa shape index (κ3) is 4.25. The maximum Gasteiger partial charge on any atom is 0.243 e. The number of nitrogens with one attached hydrogen (secondary N) is 2. The lowest BCUT2D eigenvalue weighted by molar-refractivity contribution is 0.550. The van der Waals surface area contributed by atoms with Gasteiger partial charge in [0.15, 0.2) is 0 Å². The largest absolute Gasteiger partial charge is 0.313 e. The minimum Gasteiger partial charge on any atom is -0.313 e. The standard InChI is InChI=1S/C15H23FN2O2S/c1-3-5-12-9-14(12)18-21(19,20)15-8-11(10-17-4-2)6-7-13(15)16/h6-8,12,14,17-18H,3-5,9-10H2,1-2H3. The minimum absolute atomic E-state index is 0.0354. The molecule has 21 heavy (non-hydrogen) atoms. The van der Waals surface area contributed by atoms with Crippen molar-refractivity contribution in [2.75, 3.05) is 6.54 Å². The van der Waals surface area contributed by atoms with Gasteiger partial charge in [-0.2, -0.15) is 0 Å². The fraction of sp³-hybridized carbons (Fsp3) is 0.600. The summed E-state index contributed by atoms with van der Waals surface area (Å²) in [6.45, 7) is 5.34. The Bertz CT molecular complexity index is 589. The summed E-state index contributed by atoms with van der Waals surface area (Å²) in [4.78, 5) is -0.250. The zero-order valence-corrected chi connectivity index (χ0v) is 13.3. The Morgan fingerprint density at radius 3 is 2.76 bits per heavy atom. The highest BCUT2D eigenvalue weighted by Gasteiger charge is 2.39. The van der Waals surface area contributed by atoms with E-state index in [1.807, 2.05) is 6.92 Å². The van der Waals surface area contributed by atoms with Crippen molar-refractivity contribution in [3.63, 3.8) is 0 Å². The molecular weight excluding hydrogens is 291 g/mol. The van der Waals surface area contributed by atoms with E-state index in [1.165, 1.54) is 12.1 Å². The molecule has 0 heterocycles. The van der Waals surface area contributed by atoms with Crippen LogP contribution in [0, 0.1) is 11.7 Å². The first kappa shape index (κ1) is 16.4. The molecule has 1 fully saturated rings. The van der Waals surface area contributed by atoms with E-state index in [0.29, 0.717) is 12.5 Å². The highest BCUT2D eigenvalue weighted by atomic mass is 32.2. The van der Waals surface area contributed by atoms with Crippen LogP contribution in [0.25, 0.3) is 0 Å². The molecule has 0 spiro atoms. The van der Waals surface area contributed by atoms with Crippen LogP contribution in [0.5, 0.6) is 0 Å². The van der Waals surface area contributed by atoms with E-state index in [0.717, 1.165) is 31.4 Å². The van der Waals surface area contributed by atoms with Crippen molar-refractivity contribution >= 4 is 10.0 Å². The summed E-state index contributed by atoms with van der Waals surface area (Å²) in [5.74, 6) is -0.298. The molecule has 118 valence electrons. The summed E-state index contributed by atoms with van der Waals surface area (Å²) in [6, 6.07) is 4.20. The predicted molar refractivity (Wildman–Crippen MR) is 80.9 cm³/mol. The molecule has 4 nitrogen and oxygen atoms in total. The van der Waals surface area contributed by atoms with Crippen LogP contribution in [-0.2, 0) is 16.6 Å². The molecule has 1 aliphatic rings. The van der Waals surface area contributed by atoms with Crippen LogP contribution < -0.4 is 10.0 Å². The highest BCUT2D eigenvalue weighted by molar-refractivity contribution is 7.89. The number of sulfonamides is 1. The molecule has 0 aliphatic heterocycles. The van der Waals surface area contributed by atoms with Gasteiger partial charge in [0.2, 0.25) is 10.0 Å². The molecule has 0 aromatic heterocycles. The van der Waals surface area contributed by atoms with Crippen LogP contribution in [0.2, 0.25) is 0 Å². The van der Waals surface area contributed by atoms with E-state index < -0.39 is 15.8 Å². The Morgan fingerprint density at radius 2 is 2.10 bits per heavy atom. The molecule has 2 rings (SSSR count). The molecule has 2 atom stereocenters. The number of hydrogen-bond acceptors (Lipinski definition) is 3. The van der Waals surface area contributed by atoms with E-state index in [4.69, 9.17) is 0 Å². The van der Waals surface area contributed by atoms with E-state index in [1.54, 1.807) is 6.07 Å². The molecule has 6 heteroatoms. The van der Waals surface area contributed by atoms with Crippen LogP contribution in [0.4, 0.5) is 4.39 Å². The third-order valence-corrected chi connectivity index (χ3v) is 5.26. The molecule has 0 amide bonds. The second-order valence-corrected chi connectivity index (χ2v) is 7.24. The first-order valence-electron chi connectivity index (χ1n) is 7.49. The van der Waals surface area contributed by atoms with Gasteiger partial charge in [0, 0.05) is 12.6 Å². The summed E-state index contributed by atoms with van der Waals surface area (Å²) < 4.78 is 41.1. The van der Waals surface area contributed by atoms with Gasteiger partial charge < -0.3 is 5.32 Å². The Labute approximate surface area is 126 Å². The zero-order valence-electron chi connectivity index (χ0n) is 12.5. The van der Waals surface area contributed by atoms with Crippen molar-refractivity contribution < 1.29 is 12.8 Å².